The molecule has 2 amide bonds. The number of carbonyl (C=O) groups excluding carboxylic acids is 2. The van der Waals surface area contributed by atoms with Crippen molar-refractivity contribution in [3.8, 4) is 6.07 Å². The topological polar surface area (TPSA) is 61.2 Å². The fourth-order valence-electron chi connectivity index (χ4n) is 3.92. The van der Waals surface area contributed by atoms with Gasteiger partial charge in [0, 0.05) is 23.1 Å². The molecule has 0 aromatic heterocycles. The summed E-state index contributed by atoms with van der Waals surface area (Å²) in [7, 11) is 0. The summed E-state index contributed by atoms with van der Waals surface area (Å²) in [5.74, 6) is -1.60. The lowest BCUT2D eigenvalue weighted by atomic mass is 9.84. The number of hydrogen-bond acceptors (Lipinski definition) is 3. The first-order valence-electron chi connectivity index (χ1n) is 9.63. The summed E-state index contributed by atoms with van der Waals surface area (Å²) < 4.78 is 13.3. The van der Waals surface area contributed by atoms with Crippen molar-refractivity contribution in [3.63, 3.8) is 0 Å². The van der Waals surface area contributed by atoms with E-state index in [0.717, 1.165) is 12.8 Å². The van der Waals surface area contributed by atoms with Crippen LogP contribution in [0, 0.1) is 17.1 Å². The van der Waals surface area contributed by atoms with Crippen molar-refractivity contribution in [1.29, 1.82) is 5.26 Å². The van der Waals surface area contributed by atoms with Gasteiger partial charge in [-0.05, 0) is 47.2 Å². The van der Waals surface area contributed by atoms with Crippen LogP contribution in [-0.2, 0) is 0 Å². The van der Waals surface area contributed by atoms with E-state index in [-0.39, 0.29) is 17.6 Å². The average molecular weight is 386 g/mol. The van der Waals surface area contributed by atoms with Gasteiger partial charge in [0.2, 0.25) is 0 Å². The Hall–Kier alpha value is -3.52. The van der Waals surface area contributed by atoms with Gasteiger partial charge in [-0.15, -0.1) is 0 Å². The zero-order valence-corrected chi connectivity index (χ0v) is 16.0. The van der Waals surface area contributed by atoms with Gasteiger partial charge in [-0.1, -0.05) is 43.7 Å². The van der Waals surface area contributed by atoms with Crippen LogP contribution in [0.5, 0.6) is 0 Å². The molecule has 0 aliphatic carbocycles. The van der Waals surface area contributed by atoms with Crippen LogP contribution in [0.25, 0.3) is 10.8 Å². The Morgan fingerprint density at radius 2 is 1.69 bits per heavy atom. The molecule has 1 aliphatic heterocycles. The van der Waals surface area contributed by atoms with Gasteiger partial charge in [-0.2, -0.15) is 5.26 Å². The average Bonchev–Trinajstić information content (AvgIpc) is 2.74. The van der Waals surface area contributed by atoms with Crippen LogP contribution in [0.3, 0.4) is 0 Å². The second-order valence-electron chi connectivity index (χ2n) is 7.16. The van der Waals surface area contributed by atoms with Gasteiger partial charge >= 0.3 is 0 Å². The number of imide groups is 1. The summed E-state index contributed by atoms with van der Waals surface area (Å²) >= 11 is 0. The van der Waals surface area contributed by atoms with Gasteiger partial charge < -0.3 is 0 Å². The van der Waals surface area contributed by atoms with Gasteiger partial charge in [0.25, 0.3) is 11.8 Å². The number of amides is 2. The lowest BCUT2D eigenvalue weighted by Gasteiger charge is -2.28. The number of halogens is 1. The third-order valence-electron chi connectivity index (χ3n) is 5.40. The second kappa shape index (κ2) is 7.48. The Balaban J connectivity index is 1.89. The number of rotatable bonds is 5. The van der Waals surface area contributed by atoms with E-state index in [9.17, 15) is 19.2 Å². The SMILES string of the molecule is CCCCN1C(=O)c2cccc3c(C(C#N)c4ccc(F)cc4)ccc(c23)C1=O. The molecule has 0 saturated carbocycles. The summed E-state index contributed by atoms with van der Waals surface area (Å²) in [4.78, 5) is 27.3. The molecule has 3 aromatic carbocycles. The standard InChI is InChI=1S/C24H19FN2O2/c1-2-3-13-27-23(28)19-6-4-5-18-17(11-12-20(22(18)19)24(27)29)21(14-26)15-7-9-16(25)10-8-15/h4-12,21H,2-3,13H2,1H3. The normalized spacial score (nSPS) is 14.2. The molecule has 144 valence electrons. The van der Waals surface area contributed by atoms with Crippen molar-refractivity contribution < 1.29 is 14.0 Å². The molecule has 0 N–H and O–H groups in total. The summed E-state index contributed by atoms with van der Waals surface area (Å²) in [6.07, 6.45) is 1.64. The number of carbonyl (C=O) groups is 2. The summed E-state index contributed by atoms with van der Waals surface area (Å²) in [6, 6.07) is 16.9. The maximum absolute atomic E-state index is 13.3. The molecule has 0 spiro atoms. The van der Waals surface area contributed by atoms with E-state index in [1.54, 1.807) is 36.4 Å². The molecule has 1 aliphatic rings. The third kappa shape index (κ3) is 3.07. The number of nitriles is 1. The zero-order valence-electron chi connectivity index (χ0n) is 16.0. The van der Waals surface area contributed by atoms with Crippen LogP contribution in [0.4, 0.5) is 4.39 Å². The molecular formula is C24H19FN2O2. The van der Waals surface area contributed by atoms with Crippen LogP contribution in [0.2, 0.25) is 0 Å². The molecule has 3 aromatic rings. The van der Waals surface area contributed by atoms with E-state index in [4.69, 9.17) is 0 Å². The van der Waals surface area contributed by atoms with Crippen LogP contribution >= 0.6 is 0 Å². The van der Waals surface area contributed by atoms with E-state index < -0.39 is 5.92 Å². The monoisotopic (exact) mass is 386 g/mol. The predicted octanol–water partition coefficient (Wildman–Crippen LogP) is 5.03. The molecule has 29 heavy (non-hydrogen) atoms. The molecule has 0 saturated heterocycles. The Bertz CT molecular complexity index is 1140. The lowest BCUT2D eigenvalue weighted by Crippen LogP contribution is -2.40. The van der Waals surface area contributed by atoms with Gasteiger partial charge in [-0.3, -0.25) is 14.5 Å². The number of nitrogens with zero attached hydrogens (tertiary/aromatic N) is 2. The zero-order chi connectivity index (χ0) is 20.5. The second-order valence-corrected chi connectivity index (χ2v) is 7.16. The number of benzene rings is 3. The minimum atomic E-state index is -0.636. The van der Waals surface area contributed by atoms with Gasteiger partial charge in [0.1, 0.15) is 5.82 Å². The van der Waals surface area contributed by atoms with Crippen molar-refractivity contribution in [2.24, 2.45) is 0 Å². The molecule has 4 rings (SSSR count). The minimum Gasteiger partial charge on any atom is -0.274 e. The smallest absolute Gasteiger partial charge is 0.261 e. The van der Waals surface area contributed by atoms with Crippen molar-refractivity contribution in [1.82, 2.24) is 4.90 Å². The Labute approximate surface area is 168 Å². The van der Waals surface area contributed by atoms with Crippen LogP contribution < -0.4 is 0 Å². The first-order chi connectivity index (χ1) is 14.1. The Kier molecular flexibility index (Phi) is 4.85. The number of hydrogen-bond donors (Lipinski definition) is 0. The van der Waals surface area contributed by atoms with Crippen molar-refractivity contribution in [2.45, 2.75) is 25.7 Å². The Morgan fingerprint density at radius 1 is 1.00 bits per heavy atom. The quantitative estimate of drug-likeness (QED) is 0.578. The predicted molar refractivity (Wildman–Crippen MR) is 108 cm³/mol. The third-order valence-corrected chi connectivity index (χ3v) is 5.40. The summed E-state index contributed by atoms with van der Waals surface area (Å²) in [6.45, 7) is 2.40. The van der Waals surface area contributed by atoms with Crippen molar-refractivity contribution >= 4 is 22.6 Å². The van der Waals surface area contributed by atoms with Crippen LogP contribution in [0.15, 0.2) is 54.6 Å². The van der Waals surface area contributed by atoms with Crippen molar-refractivity contribution in [3.05, 3.63) is 82.7 Å². The van der Waals surface area contributed by atoms with E-state index in [2.05, 4.69) is 6.07 Å². The molecule has 1 unspecified atom stereocenters. The maximum atomic E-state index is 13.3. The molecule has 1 atom stereocenters. The number of unbranched alkanes of at least 4 members (excludes halogenated alkanes) is 1. The first-order valence-corrected chi connectivity index (χ1v) is 9.63. The van der Waals surface area contributed by atoms with E-state index in [1.165, 1.54) is 17.0 Å². The highest BCUT2D eigenvalue weighted by molar-refractivity contribution is 6.25. The van der Waals surface area contributed by atoms with E-state index in [1.807, 2.05) is 13.0 Å². The van der Waals surface area contributed by atoms with Gasteiger partial charge in [0.05, 0.1) is 12.0 Å². The molecule has 5 heteroatoms. The molecule has 1 heterocycles. The van der Waals surface area contributed by atoms with Crippen LogP contribution in [0.1, 0.15) is 57.5 Å². The maximum Gasteiger partial charge on any atom is 0.261 e. The highest BCUT2D eigenvalue weighted by atomic mass is 19.1. The highest BCUT2D eigenvalue weighted by Crippen LogP contribution is 2.37. The van der Waals surface area contributed by atoms with E-state index in [0.29, 0.717) is 39.6 Å². The molecule has 4 nitrogen and oxygen atoms in total. The minimum absolute atomic E-state index is 0.297. The van der Waals surface area contributed by atoms with Crippen LogP contribution in [-0.4, -0.2) is 23.3 Å². The summed E-state index contributed by atoms with van der Waals surface area (Å²) in [5.41, 5.74) is 2.31. The first kappa shape index (κ1) is 18.8. The molecule has 0 bridgehead atoms. The van der Waals surface area contributed by atoms with Gasteiger partial charge in [0.15, 0.2) is 0 Å². The molecule has 0 radical (unpaired) electrons. The highest BCUT2D eigenvalue weighted by Gasteiger charge is 2.33. The van der Waals surface area contributed by atoms with E-state index >= 15 is 0 Å². The molecular weight excluding hydrogens is 367 g/mol. The molecule has 0 fully saturated rings. The summed E-state index contributed by atoms with van der Waals surface area (Å²) in [5, 5.41) is 11.1. The fourth-order valence-corrected chi connectivity index (χ4v) is 3.92. The Morgan fingerprint density at radius 3 is 2.34 bits per heavy atom. The van der Waals surface area contributed by atoms with Gasteiger partial charge in [-0.25, -0.2) is 4.39 Å². The van der Waals surface area contributed by atoms with Crippen molar-refractivity contribution in [2.75, 3.05) is 6.54 Å². The largest absolute Gasteiger partial charge is 0.274 e. The lowest BCUT2D eigenvalue weighted by molar-refractivity contribution is 0.0608. The fraction of sp³-hybridized carbons (Fsp3) is 0.208.